The number of nitrogens with two attached hydrogens (primary N) is 1. The van der Waals surface area contributed by atoms with Crippen molar-refractivity contribution in [3.05, 3.63) is 34.9 Å². The number of amides is 1. The number of aromatic nitrogens is 3. The van der Waals surface area contributed by atoms with Gasteiger partial charge >= 0.3 is 5.69 Å². The van der Waals surface area contributed by atoms with Crippen molar-refractivity contribution in [3.63, 3.8) is 0 Å². The highest BCUT2D eigenvalue weighted by Gasteiger charge is 2.05. The SMILES string of the molecule is NNC(=O)CCCCCn1nc2ccccn2c1=O. The van der Waals surface area contributed by atoms with Crippen molar-refractivity contribution >= 4 is 11.6 Å². The molecule has 0 aliphatic rings. The van der Waals surface area contributed by atoms with Gasteiger partial charge in [-0.15, -0.1) is 5.10 Å². The second kappa shape index (κ2) is 6.14. The van der Waals surface area contributed by atoms with Gasteiger partial charge in [0.25, 0.3) is 0 Å². The molecule has 2 aromatic rings. The van der Waals surface area contributed by atoms with E-state index >= 15 is 0 Å². The van der Waals surface area contributed by atoms with Gasteiger partial charge in [0.15, 0.2) is 5.65 Å². The molecule has 0 spiro atoms. The molecule has 0 bridgehead atoms. The molecule has 0 unspecified atom stereocenters. The molecule has 0 saturated heterocycles. The molecule has 0 aliphatic heterocycles. The highest BCUT2D eigenvalue weighted by atomic mass is 16.2. The van der Waals surface area contributed by atoms with E-state index in [2.05, 4.69) is 10.5 Å². The van der Waals surface area contributed by atoms with Crippen molar-refractivity contribution in [2.24, 2.45) is 5.84 Å². The third-order valence-electron chi connectivity index (χ3n) is 2.92. The van der Waals surface area contributed by atoms with E-state index in [1.807, 2.05) is 6.07 Å². The first-order valence-corrected chi connectivity index (χ1v) is 6.26. The van der Waals surface area contributed by atoms with Crippen LogP contribution in [0.5, 0.6) is 0 Å². The fourth-order valence-electron chi connectivity index (χ4n) is 1.91. The Morgan fingerprint density at radius 2 is 2.16 bits per heavy atom. The number of hydrogen-bond donors (Lipinski definition) is 2. The predicted molar refractivity (Wildman–Crippen MR) is 70.3 cm³/mol. The fourth-order valence-corrected chi connectivity index (χ4v) is 1.91. The maximum atomic E-state index is 11.9. The summed E-state index contributed by atoms with van der Waals surface area (Å²) in [7, 11) is 0. The number of carbonyl (C=O) groups is 1. The van der Waals surface area contributed by atoms with Gasteiger partial charge in [0, 0.05) is 19.2 Å². The molecule has 7 heteroatoms. The lowest BCUT2D eigenvalue weighted by Crippen LogP contribution is -2.29. The van der Waals surface area contributed by atoms with E-state index in [1.165, 1.54) is 9.08 Å². The first-order valence-electron chi connectivity index (χ1n) is 6.26. The zero-order valence-electron chi connectivity index (χ0n) is 10.6. The van der Waals surface area contributed by atoms with E-state index < -0.39 is 0 Å². The van der Waals surface area contributed by atoms with Crippen molar-refractivity contribution < 1.29 is 4.79 Å². The van der Waals surface area contributed by atoms with Gasteiger partial charge in [-0.3, -0.25) is 14.6 Å². The largest absolute Gasteiger partial charge is 0.350 e. The molecule has 0 aromatic carbocycles. The van der Waals surface area contributed by atoms with E-state index in [0.717, 1.165) is 19.3 Å². The van der Waals surface area contributed by atoms with Crippen molar-refractivity contribution in [1.29, 1.82) is 0 Å². The van der Waals surface area contributed by atoms with Gasteiger partial charge in [-0.2, -0.15) is 0 Å². The number of fused-ring (bicyclic) bond motifs is 1. The number of unbranched alkanes of at least 4 members (excludes halogenated alkanes) is 2. The van der Waals surface area contributed by atoms with Gasteiger partial charge in [0.2, 0.25) is 5.91 Å². The fraction of sp³-hybridized carbons (Fsp3) is 0.417. The van der Waals surface area contributed by atoms with Crippen molar-refractivity contribution in [1.82, 2.24) is 19.6 Å². The normalized spacial score (nSPS) is 10.8. The van der Waals surface area contributed by atoms with Crippen LogP contribution in [0.1, 0.15) is 25.7 Å². The third kappa shape index (κ3) is 3.19. The van der Waals surface area contributed by atoms with Crippen molar-refractivity contribution in [3.8, 4) is 0 Å². The van der Waals surface area contributed by atoms with Crippen LogP contribution in [-0.4, -0.2) is 20.1 Å². The maximum Gasteiger partial charge on any atom is 0.350 e. The van der Waals surface area contributed by atoms with Gasteiger partial charge in [-0.25, -0.2) is 15.3 Å². The molecule has 2 aromatic heterocycles. The van der Waals surface area contributed by atoms with Gasteiger partial charge < -0.3 is 0 Å². The zero-order valence-corrected chi connectivity index (χ0v) is 10.6. The molecule has 2 heterocycles. The number of aryl methyl sites for hydroxylation is 1. The minimum Gasteiger partial charge on any atom is -0.294 e. The Hall–Kier alpha value is -2.15. The summed E-state index contributed by atoms with van der Waals surface area (Å²) in [5.41, 5.74) is 2.61. The minimum absolute atomic E-state index is 0.129. The van der Waals surface area contributed by atoms with Gasteiger partial charge in [0.05, 0.1) is 0 Å². The Kier molecular flexibility index (Phi) is 4.30. The van der Waals surface area contributed by atoms with Crippen LogP contribution >= 0.6 is 0 Å². The highest BCUT2D eigenvalue weighted by Crippen LogP contribution is 2.02. The molecular formula is C12H17N5O2. The Bertz CT molecular complexity index is 616. The lowest BCUT2D eigenvalue weighted by atomic mass is 10.2. The van der Waals surface area contributed by atoms with E-state index in [1.54, 1.807) is 18.3 Å². The second-order valence-electron chi connectivity index (χ2n) is 4.31. The molecule has 0 saturated carbocycles. The van der Waals surface area contributed by atoms with Crippen LogP contribution in [0.3, 0.4) is 0 Å². The summed E-state index contributed by atoms with van der Waals surface area (Å²) in [5, 5.41) is 4.23. The smallest absolute Gasteiger partial charge is 0.294 e. The lowest BCUT2D eigenvalue weighted by Gasteiger charge is -2.00. The summed E-state index contributed by atoms with van der Waals surface area (Å²) in [5.74, 6) is 4.82. The zero-order chi connectivity index (χ0) is 13.7. The van der Waals surface area contributed by atoms with Crippen LogP contribution in [0.2, 0.25) is 0 Å². The van der Waals surface area contributed by atoms with Crippen LogP contribution < -0.4 is 17.0 Å². The number of hydrogen-bond acceptors (Lipinski definition) is 4. The Balaban J connectivity index is 1.87. The standard InChI is InChI=1S/C12H17N5O2/c13-14-11(18)7-2-1-4-9-17-12(19)16-8-5-3-6-10(16)15-17/h3,5-6,8H,1-2,4,7,9,13H2,(H,14,18). The van der Waals surface area contributed by atoms with Crippen molar-refractivity contribution in [2.75, 3.05) is 0 Å². The average Bonchev–Trinajstić information content (AvgIpc) is 2.75. The lowest BCUT2D eigenvalue weighted by molar-refractivity contribution is -0.121. The molecule has 3 N–H and O–H groups in total. The molecular weight excluding hydrogens is 246 g/mol. The topological polar surface area (TPSA) is 94.4 Å². The summed E-state index contributed by atoms with van der Waals surface area (Å²) < 4.78 is 2.97. The van der Waals surface area contributed by atoms with Crippen LogP contribution in [0.15, 0.2) is 29.2 Å². The quantitative estimate of drug-likeness (QED) is 0.333. The van der Waals surface area contributed by atoms with Gasteiger partial charge in [-0.1, -0.05) is 12.5 Å². The summed E-state index contributed by atoms with van der Waals surface area (Å²) >= 11 is 0. The van der Waals surface area contributed by atoms with Crippen molar-refractivity contribution in [2.45, 2.75) is 32.2 Å². The minimum atomic E-state index is -0.162. The second-order valence-corrected chi connectivity index (χ2v) is 4.31. The molecule has 0 fully saturated rings. The van der Waals surface area contributed by atoms with Gasteiger partial charge in [-0.05, 0) is 25.0 Å². The first kappa shape index (κ1) is 13.3. The summed E-state index contributed by atoms with van der Waals surface area (Å²) in [6.45, 7) is 0.560. The molecule has 1 amide bonds. The Morgan fingerprint density at radius 1 is 1.32 bits per heavy atom. The summed E-state index contributed by atoms with van der Waals surface area (Å²) in [6.07, 6.45) is 4.53. The molecule has 7 nitrogen and oxygen atoms in total. The Morgan fingerprint density at radius 3 is 2.89 bits per heavy atom. The molecule has 0 aliphatic carbocycles. The molecule has 102 valence electrons. The number of rotatable bonds is 6. The number of pyridine rings is 1. The summed E-state index contributed by atoms with van der Waals surface area (Å²) in [4.78, 5) is 22.8. The van der Waals surface area contributed by atoms with E-state index in [9.17, 15) is 9.59 Å². The molecule has 19 heavy (non-hydrogen) atoms. The van der Waals surface area contributed by atoms with Crippen LogP contribution in [0, 0.1) is 0 Å². The van der Waals surface area contributed by atoms with Crippen LogP contribution in [0.4, 0.5) is 0 Å². The first-order chi connectivity index (χ1) is 9.22. The van der Waals surface area contributed by atoms with Crippen LogP contribution in [0.25, 0.3) is 5.65 Å². The van der Waals surface area contributed by atoms with Crippen LogP contribution in [-0.2, 0) is 11.3 Å². The third-order valence-corrected chi connectivity index (χ3v) is 2.92. The van der Waals surface area contributed by atoms with E-state index in [-0.39, 0.29) is 11.6 Å². The summed E-state index contributed by atoms with van der Waals surface area (Å²) in [6, 6.07) is 5.44. The monoisotopic (exact) mass is 263 g/mol. The molecule has 0 radical (unpaired) electrons. The number of hydrazine groups is 1. The molecule has 2 rings (SSSR count). The van der Waals surface area contributed by atoms with E-state index in [0.29, 0.717) is 18.6 Å². The van der Waals surface area contributed by atoms with E-state index in [4.69, 9.17) is 5.84 Å². The highest BCUT2D eigenvalue weighted by molar-refractivity contribution is 5.74. The number of carbonyl (C=O) groups excluding carboxylic acids is 1. The predicted octanol–water partition coefficient (Wildman–Crippen LogP) is 0.0463. The molecule has 0 atom stereocenters. The maximum absolute atomic E-state index is 11.9. The number of nitrogens with zero attached hydrogens (tertiary/aromatic N) is 3. The van der Waals surface area contributed by atoms with Gasteiger partial charge in [0.1, 0.15) is 0 Å². The Labute approximate surface area is 110 Å². The number of nitrogens with one attached hydrogen (secondary N) is 1. The average molecular weight is 263 g/mol.